The molecule has 1 N–H and O–H groups in total. The van der Waals surface area contributed by atoms with E-state index in [0.29, 0.717) is 0 Å². The average Bonchev–Trinajstić information content (AvgIpc) is 0.722. The van der Waals surface area contributed by atoms with E-state index in [1.54, 1.807) is 20.8 Å². The van der Waals surface area contributed by atoms with Gasteiger partial charge in [0.1, 0.15) is 0 Å². The van der Waals surface area contributed by atoms with Crippen LogP contribution in [-0.4, -0.2) is 10.7 Å². The summed E-state index contributed by atoms with van der Waals surface area (Å²) in [5, 5.41) is 8.52. The van der Waals surface area contributed by atoms with Gasteiger partial charge in [0.2, 0.25) is 0 Å². The van der Waals surface area contributed by atoms with Crippen molar-refractivity contribution >= 4 is 0 Å². The van der Waals surface area contributed by atoms with Gasteiger partial charge in [-0.3, -0.25) is 0 Å². The minimum Gasteiger partial charge on any atom is -0.391 e. The molecule has 0 aromatic heterocycles. The van der Waals surface area contributed by atoms with Gasteiger partial charge < -0.3 is 5.11 Å². The van der Waals surface area contributed by atoms with Crippen molar-refractivity contribution in [2.24, 2.45) is 0 Å². The molecule has 0 atom stereocenters. The van der Waals surface area contributed by atoms with Gasteiger partial charge >= 0.3 is 0 Å². The molecule has 0 unspecified atom stereocenters. The van der Waals surface area contributed by atoms with Crippen molar-refractivity contribution in [3.63, 3.8) is 0 Å². The van der Waals surface area contributed by atoms with E-state index in [0.717, 1.165) is 0 Å². The van der Waals surface area contributed by atoms with Crippen LogP contribution in [0.15, 0.2) is 0 Å². The molecule has 0 rings (SSSR count). The molecule has 0 fully saturated rings. The predicted octanol–water partition coefficient (Wildman–Crippen LogP) is 0.777. The Morgan fingerprint density at radius 1 is 1.17 bits per heavy atom. The zero-order chi connectivity index (χ0) is 4.50. The fourth-order valence-electron chi connectivity index (χ4n) is 0. The Kier molecular flexibility index (Phi) is 5.68. The number of rotatable bonds is 0. The second-order valence-electron chi connectivity index (χ2n) is 2.17. The van der Waals surface area contributed by atoms with E-state index >= 15 is 0 Å². The van der Waals surface area contributed by atoms with Gasteiger partial charge in [-0.2, -0.15) is 0 Å². The Bertz CT molecular complexity index is 23.0. The zero-order valence-electron chi connectivity index (χ0n) is 4.30. The topological polar surface area (TPSA) is 20.2 Å². The Labute approximate surface area is 70.8 Å². The molecule has 0 aliphatic rings. The maximum absolute atomic E-state index is 8.52. The summed E-state index contributed by atoms with van der Waals surface area (Å²) < 4.78 is 0. The summed E-state index contributed by atoms with van der Waals surface area (Å²) in [7, 11) is 0. The van der Waals surface area contributed by atoms with Gasteiger partial charge in [0, 0.05) is 39.9 Å². The van der Waals surface area contributed by atoms with Crippen LogP contribution < -0.4 is 0 Å². The van der Waals surface area contributed by atoms with Crippen molar-refractivity contribution < 1.29 is 45.0 Å². The minimum absolute atomic E-state index is 0. The Balaban J connectivity index is 0. The standard InChI is InChI=1S/C4H10O.Gd/c1-4(2,3)5;/h5H,1-3H3;. The first kappa shape index (κ1) is 10.3. The molecule has 2 heteroatoms. The van der Waals surface area contributed by atoms with Gasteiger partial charge in [-0.1, -0.05) is 0 Å². The summed E-state index contributed by atoms with van der Waals surface area (Å²) in [4.78, 5) is 0. The third kappa shape index (κ3) is 58.8. The number of aliphatic hydroxyl groups is 1. The fourth-order valence-corrected chi connectivity index (χ4v) is 0. The molecule has 6 heavy (non-hydrogen) atoms. The predicted molar refractivity (Wildman–Crippen MR) is 22.0 cm³/mol. The molecule has 0 heterocycles. The SMILES string of the molecule is CC(C)(C)O.[Gd]. The summed E-state index contributed by atoms with van der Waals surface area (Å²) in [6.07, 6.45) is 0. The van der Waals surface area contributed by atoms with Crippen LogP contribution in [0.5, 0.6) is 0 Å². The van der Waals surface area contributed by atoms with E-state index in [1.165, 1.54) is 0 Å². The van der Waals surface area contributed by atoms with Crippen LogP contribution in [-0.2, 0) is 0 Å². The molecule has 1 nitrogen and oxygen atoms in total. The summed E-state index contributed by atoms with van der Waals surface area (Å²) in [6, 6.07) is 0. The maximum atomic E-state index is 8.52. The molecule has 0 spiro atoms. The van der Waals surface area contributed by atoms with Crippen LogP contribution >= 0.6 is 0 Å². The fraction of sp³-hybridized carbons (Fsp3) is 1.00. The van der Waals surface area contributed by atoms with E-state index in [4.69, 9.17) is 5.11 Å². The monoisotopic (exact) mass is 232 g/mol. The third-order valence-electron chi connectivity index (χ3n) is 0. The van der Waals surface area contributed by atoms with E-state index in [1.807, 2.05) is 0 Å². The first-order valence-electron chi connectivity index (χ1n) is 1.72. The second kappa shape index (κ2) is 3.31. The Morgan fingerprint density at radius 2 is 1.17 bits per heavy atom. The van der Waals surface area contributed by atoms with Crippen LogP contribution in [0.3, 0.4) is 0 Å². The number of hydrogen-bond acceptors (Lipinski definition) is 1. The maximum Gasteiger partial charge on any atom is 0.0563 e. The Hall–Kier alpha value is 1.28. The van der Waals surface area contributed by atoms with Crippen molar-refractivity contribution in [1.82, 2.24) is 0 Å². The summed E-state index contributed by atoms with van der Waals surface area (Å²) >= 11 is 0. The molecule has 0 amide bonds. The first-order valence-corrected chi connectivity index (χ1v) is 1.72. The van der Waals surface area contributed by atoms with Crippen molar-refractivity contribution in [2.75, 3.05) is 0 Å². The van der Waals surface area contributed by atoms with Gasteiger partial charge in [0.05, 0.1) is 5.60 Å². The molecule has 0 saturated carbocycles. The second-order valence-corrected chi connectivity index (χ2v) is 2.17. The van der Waals surface area contributed by atoms with Gasteiger partial charge in [0.25, 0.3) is 0 Å². The van der Waals surface area contributed by atoms with Crippen LogP contribution in [0.1, 0.15) is 20.8 Å². The molecule has 40 valence electrons. The van der Waals surface area contributed by atoms with E-state index in [-0.39, 0.29) is 39.9 Å². The molecule has 0 radical (unpaired) electrons. The quantitative estimate of drug-likeness (QED) is 0.653. The average molecular weight is 231 g/mol. The summed E-state index contributed by atoms with van der Waals surface area (Å²) in [5.41, 5.74) is -0.500. The molecule has 0 aliphatic carbocycles. The molecular formula is C4H10GdO. The third-order valence-corrected chi connectivity index (χ3v) is 0. The van der Waals surface area contributed by atoms with E-state index in [9.17, 15) is 0 Å². The van der Waals surface area contributed by atoms with Crippen molar-refractivity contribution in [3.8, 4) is 0 Å². The molecule has 0 aromatic carbocycles. The van der Waals surface area contributed by atoms with Crippen LogP contribution in [0.4, 0.5) is 0 Å². The van der Waals surface area contributed by atoms with Crippen LogP contribution in [0.25, 0.3) is 0 Å². The smallest absolute Gasteiger partial charge is 0.0563 e. The van der Waals surface area contributed by atoms with E-state index < -0.39 is 5.60 Å². The van der Waals surface area contributed by atoms with Gasteiger partial charge in [0.15, 0.2) is 0 Å². The van der Waals surface area contributed by atoms with Crippen molar-refractivity contribution in [3.05, 3.63) is 0 Å². The van der Waals surface area contributed by atoms with Crippen molar-refractivity contribution in [2.45, 2.75) is 26.4 Å². The zero-order valence-corrected chi connectivity index (χ0v) is 6.57. The molecular weight excluding hydrogens is 221 g/mol. The Morgan fingerprint density at radius 3 is 1.17 bits per heavy atom. The normalized spacial score (nSPS) is 10.0. The van der Waals surface area contributed by atoms with Gasteiger partial charge in [-0.15, -0.1) is 0 Å². The first-order chi connectivity index (χ1) is 2.00. The molecule has 0 aromatic rings. The number of hydrogen-bond donors (Lipinski definition) is 1. The van der Waals surface area contributed by atoms with E-state index in [2.05, 4.69) is 0 Å². The van der Waals surface area contributed by atoms with Crippen LogP contribution in [0.2, 0.25) is 0 Å². The van der Waals surface area contributed by atoms with Gasteiger partial charge in [-0.25, -0.2) is 0 Å². The van der Waals surface area contributed by atoms with Crippen LogP contribution in [0, 0.1) is 39.9 Å². The minimum atomic E-state index is -0.500. The molecule has 0 aliphatic heterocycles. The summed E-state index contributed by atoms with van der Waals surface area (Å²) in [5.74, 6) is 0. The van der Waals surface area contributed by atoms with Gasteiger partial charge in [-0.05, 0) is 20.8 Å². The largest absolute Gasteiger partial charge is 0.391 e. The molecule has 0 bridgehead atoms. The summed E-state index contributed by atoms with van der Waals surface area (Å²) in [6.45, 7) is 5.23. The molecule has 0 saturated heterocycles. The van der Waals surface area contributed by atoms with Crippen molar-refractivity contribution in [1.29, 1.82) is 0 Å².